The molecule has 0 aliphatic heterocycles. The topological polar surface area (TPSA) is 108 Å². The van der Waals surface area contributed by atoms with Gasteiger partial charge in [0, 0.05) is 0 Å². The number of ether oxygens (including phenoxy) is 3. The zero-order valence-corrected chi connectivity index (χ0v) is 15.0. The Kier molecular flexibility index (Phi) is 8.83. The van der Waals surface area contributed by atoms with Crippen molar-refractivity contribution in [2.24, 2.45) is 5.92 Å². The van der Waals surface area contributed by atoms with Crippen molar-refractivity contribution >= 4 is 24.1 Å². The number of aldehydes is 1. The SMILES string of the molecule is CC[C@@H](C)[C@@H](NC(=O)COC(=O)COc1ccccc1C=O)C(=O)OC. The molecule has 0 aliphatic carbocycles. The highest BCUT2D eigenvalue weighted by molar-refractivity contribution is 5.86. The second-order valence-corrected chi connectivity index (χ2v) is 5.56. The fourth-order valence-electron chi connectivity index (χ4n) is 2.04. The molecule has 0 spiro atoms. The Morgan fingerprint density at radius 1 is 1.19 bits per heavy atom. The first-order valence-electron chi connectivity index (χ1n) is 8.12. The lowest BCUT2D eigenvalue weighted by atomic mass is 9.99. The van der Waals surface area contributed by atoms with Crippen LogP contribution in [0.5, 0.6) is 5.75 Å². The highest BCUT2D eigenvalue weighted by Crippen LogP contribution is 2.15. The van der Waals surface area contributed by atoms with E-state index in [0.717, 1.165) is 0 Å². The predicted octanol–water partition coefficient (Wildman–Crippen LogP) is 1.12. The summed E-state index contributed by atoms with van der Waals surface area (Å²) in [6, 6.07) is 5.59. The molecule has 0 aromatic heterocycles. The summed E-state index contributed by atoms with van der Waals surface area (Å²) in [5.41, 5.74) is 0.299. The fraction of sp³-hybridized carbons (Fsp3) is 0.444. The predicted molar refractivity (Wildman–Crippen MR) is 91.7 cm³/mol. The number of rotatable bonds is 10. The molecule has 0 aliphatic rings. The van der Waals surface area contributed by atoms with Gasteiger partial charge < -0.3 is 19.5 Å². The average molecular weight is 365 g/mol. The molecule has 0 heterocycles. The minimum absolute atomic E-state index is 0.134. The van der Waals surface area contributed by atoms with Crippen LogP contribution in [0.2, 0.25) is 0 Å². The maximum Gasteiger partial charge on any atom is 0.344 e. The summed E-state index contributed by atoms with van der Waals surface area (Å²) in [5, 5.41) is 2.49. The quantitative estimate of drug-likeness (QED) is 0.489. The summed E-state index contributed by atoms with van der Waals surface area (Å²) in [7, 11) is 1.23. The molecule has 1 amide bonds. The average Bonchev–Trinajstić information content (AvgIpc) is 2.67. The number of hydrogen-bond acceptors (Lipinski definition) is 7. The lowest BCUT2D eigenvalue weighted by molar-refractivity contribution is -0.152. The Labute approximate surface area is 151 Å². The largest absolute Gasteiger partial charge is 0.481 e. The molecule has 0 unspecified atom stereocenters. The maximum atomic E-state index is 11.9. The van der Waals surface area contributed by atoms with Crippen molar-refractivity contribution in [1.82, 2.24) is 5.32 Å². The van der Waals surface area contributed by atoms with E-state index in [0.29, 0.717) is 18.3 Å². The zero-order chi connectivity index (χ0) is 19.5. The third-order valence-electron chi connectivity index (χ3n) is 3.74. The van der Waals surface area contributed by atoms with Gasteiger partial charge in [-0.3, -0.25) is 9.59 Å². The van der Waals surface area contributed by atoms with Gasteiger partial charge in [0.1, 0.15) is 11.8 Å². The van der Waals surface area contributed by atoms with Crippen LogP contribution in [0.4, 0.5) is 0 Å². The number of esters is 2. The number of nitrogens with one attached hydrogen (secondary N) is 1. The molecular formula is C18H23NO7. The van der Waals surface area contributed by atoms with Crippen LogP contribution in [0.3, 0.4) is 0 Å². The fourth-order valence-corrected chi connectivity index (χ4v) is 2.04. The summed E-state index contributed by atoms with van der Waals surface area (Å²) >= 11 is 0. The van der Waals surface area contributed by atoms with Crippen molar-refractivity contribution in [3.63, 3.8) is 0 Å². The van der Waals surface area contributed by atoms with Crippen LogP contribution < -0.4 is 10.1 Å². The first-order valence-corrected chi connectivity index (χ1v) is 8.12. The Balaban J connectivity index is 2.47. The van der Waals surface area contributed by atoms with Crippen molar-refractivity contribution in [3.05, 3.63) is 29.8 Å². The number of carbonyl (C=O) groups excluding carboxylic acids is 4. The molecule has 1 aromatic rings. The van der Waals surface area contributed by atoms with Crippen LogP contribution in [0.1, 0.15) is 30.6 Å². The van der Waals surface area contributed by atoms with Gasteiger partial charge >= 0.3 is 11.9 Å². The number of para-hydroxylation sites is 1. The Morgan fingerprint density at radius 2 is 1.88 bits per heavy atom. The lowest BCUT2D eigenvalue weighted by Gasteiger charge is -2.21. The van der Waals surface area contributed by atoms with Crippen LogP contribution in [-0.4, -0.2) is 50.5 Å². The number of methoxy groups -OCH3 is 1. The molecule has 0 saturated carbocycles. The summed E-state index contributed by atoms with van der Waals surface area (Å²) in [5.74, 6) is -1.86. The smallest absolute Gasteiger partial charge is 0.344 e. The Bertz CT molecular complexity index is 644. The van der Waals surface area contributed by atoms with E-state index in [1.807, 2.05) is 6.92 Å². The van der Waals surface area contributed by atoms with Crippen LogP contribution in [0.25, 0.3) is 0 Å². The van der Waals surface area contributed by atoms with E-state index in [-0.39, 0.29) is 11.7 Å². The normalized spacial score (nSPS) is 12.4. The van der Waals surface area contributed by atoms with Crippen molar-refractivity contribution in [2.75, 3.05) is 20.3 Å². The van der Waals surface area contributed by atoms with Crippen LogP contribution in [0, 0.1) is 5.92 Å². The number of amides is 1. The molecule has 0 fully saturated rings. The van der Waals surface area contributed by atoms with Gasteiger partial charge in [-0.1, -0.05) is 32.4 Å². The Morgan fingerprint density at radius 3 is 2.50 bits per heavy atom. The van der Waals surface area contributed by atoms with E-state index < -0.39 is 37.1 Å². The van der Waals surface area contributed by atoms with Gasteiger partial charge in [0.2, 0.25) is 0 Å². The second kappa shape index (κ2) is 10.9. The van der Waals surface area contributed by atoms with E-state index in [9.17, 15) is 19.2 Å². The van der Waals surface area contributed by atoms with Crippen LogP contribution >= 0.6 is 0 Å². The van der Waals surface area contributed by atoms with E-state index in [2.05, 4.69) is 10.1 Å². The van der Waals surface area contributed by atoms with Gasteiger partial charge in [-0.2, -0.15) is 0 Å². The highest BCUT2D eigenvalue weighted by Gasteiger charge is 2.26. The summed E-state index contributed by atoms with van der Waals surface area (Å²) in [6.07, 6.45) is 1.26. The molecule has 26 heavy (non-hydrogen) atoms. The van der Waals surface area contributed by atoms with Gasteiger partial charge in [0.25, 0.3) is 5.91 Å². The van der Waals surface area contributed by atoms with Crippen molar-refractivity contribution < 1.29 is 33.4 Å². The van der Waals surface area contributed by atoms with Gasteiger partial charge in [-0.15, -0.1) is 0 Å². The number of hydrogen-bond donors (Lipinski definition) is 1. The monoisotopic (exact) mass is 365 g/mol. The van der Waals surface area contributed by atoms with Crippen LogP contribution in [-0.2, 0) is 23.9 Å². The van der Waals surface area contributed by atoms with Crippen molar-refractivity contribution in [3.8, 4) is 5.75 Å². The molecule has 8 nitrogen and oxygen atoms in total. The molecule has 1 N–H and O–H groups in total. The second-order valence-electron chi connectivity index (χ2n) is 5.56. The van der Waals surface area contributed by atoms with Gasteiger partial charge in [0.15, 0.2) is 19.5 Å². The third-order valence-corrected chi connectivity index (χ3v) is 3.74. The summed E-state index contributed by atoms with van der Waals surface area (Å²) in [4.78, 5) is 46.1. The Hall–Kier alpha value is -2.90. The van der Waals surface area contributed by atoms with Gasteiger partial charge in [-0.25, -0.2) is 9.59 Å². The molecular weight excluding hydrogens is 342 g/mol. The summed E-state index contributed by atoms with van der Waals surface area (Å²) < 4.78 is 14.7. The van der Waals surface area contributed by atoms with Crippen LogP contribution in [0.15, 0.2) is 24.3 Å². The molecule has 8 heteroatoms. The number of carbonyl (C=O) groups is 4. The minimum Gasteiger partial charge on any atom is -0.481 e. The standard InChI is InChI=1S/C18H23NO7/c1-4-12(2)17(18(23)24-3)19-15(21)10-26-16(22)11-25-14-8-6-5-7-13(14)9-20/h5-9,12,17H,4,10-11H2,1-3H3,(H,19,21)/t12-,17-/m1/s1. The highest BCUT2D eigenvalue weighted by atomic mass is 16.6. The zero-order valence-electron chi connectivity index (χ0n) is 15.0. The summed E-state index contributed by atoms with van der Waals surface area (Å²) in [6.45, 7) is 2.67. The first kappa shape index (κ1) is 21.1. The molecule has 0 radical (unpaired) electrons. The lowest BCUT2D eigenvalue weighted by Crippen LogP contribution is -2.47. The molecule has 2 atom stereocenters. The number of benzene rings is 1. The molecule has 142 valence electrons. The van der Waals surface area contributed by atoms with Crippen molar-refractivity contribution in [1.29, 1.82) is 0 Å². The van der Waals surface area contributed by atoms with E-state index in [4.69, 9.17) is 9.47 Å². The third kappa shape index (κ3) is 6.54. The molecule has 0 saturated heterocycles. The van der Waals surface area contributed by atoms with Gasteiger partial charge in [-0.05, 0) is 18.1 Å². The molecule has 0 bridgehead atoms. The molecule has 1 aromatic carbocycles. The van der Waals surface area contributed by atoms with Gasteiger partial charge in [0.05, 0.1) is 12.7 Å². The van der Waals surface area contributed by atoms with E-state index >= 15 is 0 Å². The first-order chi connectivity index (χ1) is 12.4. The maximum absolute atomic E-state index is 11.9. The van der Waals surface area contributed by atoms with Crippen molar-refractivity contribution in [2.45, 2.75) is 26.3 Å². The minimum atomic E-state index is -0.813. The molecule has 1 rings (SSSR count). The van der Waals surface area contributed by atoms with E-state index in [1.54, 1.807) is 25.1 Å². The van der Waals surface area contributed by atoms with E-state index in [1.165, 1.54) is 13.2 Å².